The van der Waals surface area contributed by atoms with Crippen LogP contribution in [0.1, 0.15) is 123 Å². The van der Waals surface area contributed by atoms with Crippen LogP contribution in [0.2, 0.25) is 0 Å². The van der Waals surface area contributed by atoms with Crippen LogP contribution in [0.3, 0.4) is 0 Å². The maximum Gasteiger partial charge on any atom is 0.0295 e. The zero-order valence-electron chi connectivity index (χ0n) is 19.2. The van der Waals surface area contributed by atoms with Gasteiger partial charge in [0, 0.05) is 4.32 Å². The fourth-order valence-corrected chi connectivity index (χ4v) is 4.67. The van der Waals surface area contributed by atoms with Gasteiger partial charge in [0.25, 0.3) is 0 Å². The molecule has 0 heterocycles. The molecule has 0 aliphatic rings. The summed E-state index contributed by atoms with van der Waals surface area (Å²) < 4.78 is 0.213. The lowest BCUT2D eigenvalue weighted by molar-refractivity contribution is 0.391. The molecule has 0 spiro atoms. The zero-order valence-corrected chi connectivity index (χ0v) is 20.7. The van der Waals surface area contributed by atoms with Gasteiger partial charge >= 0.3 is 0 Å². The SMILES string of the molecule is CCCCCCCCCCCCCCCCC(C)C(C)(Br)Cc1ccccc1. The summed E-state index contributed by atoms with van der Waals surface area (Å²) in [5.41, 5.74) is 1.44. The predicted molar refractivity (Wildman–Crippen MR) is 132 cm³/mol. The highest BCUT2D eigenvalue weighted by Gasteiger charge is 2.27. The van der Waals surface area contributed by atoms with Crippen molar-refractivity contribution < 1.29 is 0 Å². The maximum atomic E-state index is 4.03. The lowest BCUT2D eigenvalue weighted by Crippen LogP contribution is -2.28. The van der Waals surface area contributed by atoms with E-state index in [-0.39, 0.29) is 4.32 Å². The second-order valence-corrected chi connectivity index (χ2v) is 11.0. The number of hydrogen-bond acceptors (Lipinski definition) is 0. The van der Waals surface area contributed by atoms with Gasteiger partial charge in [0.2, 0.25) is 0 Å². The summed E-state index contributed by atoms with van der Waals surface area (Å²) in [5, 5.41) is 0. The molecular formula is C27H47Br. The molecule has 1 aromatic carbocycles. The molecule has 1 aromatic rings. The van der Waals surface area contributed by atoms with E-state index in [9.17, 15) is 0 Å². The molecule has 0 saturated heterocycles. The van der Waals surface area contributed by atoms with Gasteiger partial charge in [0.1, 0.15) is 0 Å². The van der Waals surface area contributed by atoms with Gasteiger partial charge in [-0.15, -0.1) is 0 Å². The van der Waals surface area contributed by atoms with E-state index in [2.05, 4.69) is 67.0 Å². The summed E-state index contributed by atoms with van der Waals surface area (Å²) in [7, 11) is 0. The van der Waals surface area contributed by atoms with E-state index >= 15 is 0 Å². The molecule has 0 aliphatic heterocycles. The Balaban J connectivity index is 1.93. The van der Waals surface area contributed by atoms with E-state index in [1.807, 2.05) is 0 Å². The van der Waals surface area contributed by atoms with Crippen molar-refractivity contribution in [2.75, 3.05) is 0 Å². The Morgan fingerprint density at radius 1 is 0.714 bits per heavy atom. The Kier molecular flexibility index (Phi) is 15.2. The quantitative estimate of drug-likeness (QED) is 0.154. The molecule has 2 unspecified atom stereocenters. The first-order valence-electron chi connectivity index (χ1n) is 12.3. The van der Waals surface area contributed by atoms with Crippen molar-refractivity contribution in [3.05, 3.63) is 35.9 Å². The van der Waals surface area contributed by atoms with E-state index in [0.29, 0.717) is 5.92 Å². The smallest absolute Gasteiger partial charge is 0.0295 e. The Hall–Kier alpha value is -0.300. The summed E-state index contributed by atoms with van der Waals surface area (Å²) in [6.07, 6.45) is 22.6. The van der Waals surface area contributed by atoms with Crippen LogP contribution in [0.25, 0.3) is 0 Å². The van der Waals surface area contributed by atoms with Crippen molar-refractivity contribution in [1.82, 2.24) is 0 Å². The highest BCUT2D eigenvalue weighted by atomic mass is 79.9. The standard InChI is InChI=1S/C27H47Br/c1-4-5-6-7-8-9-10-11-12-13-14-15-16-18-21-25(2)27(3,28)24-26-22-19-17-20-23-26/h17,19-20,22-23,25H,4-16,18,21,24H2,1-3H3. The molecule has 1 rings (SSSR count). The van der Waals surface area contributed by atoms with Crippen LogP contribution >= 0.6 is 15.9 Å². The van der Waals surface area contributed by atoms with Crippen LogP contribution in [-0.2, 0) is 6.42 Å². The monoisotopic (exact) mass is 450 g/mol. The third-order valence-electron chi connectivity index (χ3n) is 6.41. The fourth-order valence-electron chi connectivity index (χ4n) is 4.12. The first-order valence-corrected chi connectivity index (χ1v) is 13.1. The largest absolute Gasteiger partial charge is 0.0850 e. The van der Waals surface area contributed by atoms with Crippen LogP contribution in [0.4, 0.5) is 0 Å². The molecule has 0 bridgehead atoms. The minimum Gasteiger partial charge on any atom is -0.0850 e. The molecule has 0 aliphatic carbocycles. The van der Waals surface area contributed by atoms with Crippen LogP contribution in [0.15, 0.2) is 30.3 Å². The van der Waals surface area contributed by atoms with Gasteiger partial charge < -0.3 is 0 Å². The molecule has 0 amide bonds. The summed E-state index contributed by atoms with van der Waals surface area (Å²) in [5.74, 6) is 0.713. The number of rotatable bonds is 18. The zero-order chi connectivity index (χ0) is 20.5. The number of alkyl halides is 1. The second-order valence-electron chi connectivity index (χ2n) is 9.23. The molecule has 0 radical (unpaired) electrons. The number of hydrogen-bond donors (Lipinski definition) is 0. The topological polar surface area (TPSA) is 0 Å². The molecule has 162 valence electrons. The summed E-state index contributed by atoms with van der Waals surface area (Å²) >= 11 is 4.03. The lowest BCUT2D eigenvalue weighted by atomic mass is 9.86. The number of benzene rings is 1. The molecule has 0 aromatic heterocycles. The molecule has 1 heteroatoms. The summed E-state index contributed by atoms with van der Waals surface area (Å²) in [6, 6.07) is 10.9. The van der Waals surface area contributed by atoms with E-state index in [1.165, 1.54) is 102 Å². The van der Waals surface area contributed by atoms with E-state index in [4.69, 9.17) is 0 Å². The van der Waals surface area contributed by atoms with Crippen molar-refractivity contribution >= 4 is 15.9 Å². The van der Waals surface area contributed by atoms with Gasteiger partial charge in [-0.2, -0.15) is 0 Å². The summed E-state index contributed by atoms with van der Waals surface area (Å²) in [6.45, 7) is 7.08. The molecular weight excluding hydrogens is 404 g/mol. The van der Waals surface area contributed by atoms with Gasteiger partial charge in [0.15, 0.2) is 0 Å². The van der Waals surface area contributed by atoms with Crippen LogP contribution in [0.5, 0.6) is 0 Å². The van der Waals surface area contributed by atoms with Gasteiger partial charge in [0.05, 0.1) is 0 Å². The summed E-state index contributed by atoms with van der Waals surface area (Å²) in [4.78, 5) is 0. The van der Waals surface area contributed by atoms with Crippen molar-refractivity contribution in [3.8, 4) is 0 Å². The average Bonchev–Trinajstić information content (AvgIpc) is 2.68. The Morgan fingerprint density at radius 2 is 1.14 bits per heavy atom. The van der Waals surface area contributed by atoms with Crippen molar-refractivity contribution in [2.24, 2.45) is 5.92 Å². The number of unbranched alkanes of at least 4 members (excludes halogenated alkanes) is 13. The van der Waals surface area contributed by atoms with Gasteiger partial charge in [-0.05, 0) is 31.2 Å². The maximum absolute atomic E-state index is 4.03. The molecule has 0 N–H and O–H groups in total. The minimum absolute atomic E-state index is 0.213. The fraction of sp³-hybridized carbons (Fsp3) is 0.778. The highest BCUT2D eigenvalue weighted by molar-refractivity contribution is 9.10. The first kappa shape index (κ1) is 25.7. The molecule has 0 fully saturated rings. The molecule has 28 heavy (non-hydrogen) atoms. The van der Waals surface area contributed by atoms with Gasteiger partial charge in [-0.25, -0.2) is 0 Å². The average molecular weight is 452 g/mol. The van der Waals surface area contributed by atoms with Crippen molar-refractivity contribution in [1.29, 1.82) is 0 Å². The van der Waals surface area contributed by atoms with Crippen molar-refractivity contribution in [2.45, 2.75) is 128 Å². The Bertz CT molecular complexity index is 451. The van der Waals surface area contributed by atoms with Crippen molar-refractivity contribution in [3.63, 3.8) is 0 Å². The predicted octanol–water partition coefficient (Wildman–Crippen LogP) is 9.89. The van der Waals surface area contributed by atoms with Crippen LogP contribution in [0, 0.1) is 5.92 Å². The Labute approximate surface area is 185 Å². The van der Waals surface area contributed by atoms with E-state index in [0.717, 1.165) is 6.42 Å². The molecule has 0 nitrogen and oxygen atoms in total. The van der Waals surface area contributed by atoms with Crippen LogP contribution in [-0.4, -0.2) is 4.32 Å². The van der Waals surface area contributed by atoms with Gasteiger partial charge in [-0.1, -0.05) is 150 Å². The third kappa shape index (κ3) is 13.0. The van der Waals surface area contributed by atoms with E-state index < -0.39 is 0 Å². The lowest BCUT2D eigenvalue weighted by Gasteiger charge is -2.30. The van der Waals surface area contributed by atoms with E-state index in [1.54, 1.807) is 0 Å². The first-order chi connectivity index (χ1) is 13.6. The minimum atomic E-state index is 0.213. The Morgan fingerprint density at radius 3 is 1.61 bits per heavy atom. The molecule has 0 saturated carbocycles. The normalized spacial score (nSPS) is 14.7. The second kappa shape index (κ2) is 16.5. The third-order valence-corrected chi connectivity index (χ3v) is 7.47. The van der Waals surface area contributed by atoms with Crippen LogP contribution < -0.4 is 0 Å². The van der Waals surface area contributed by atoms with Gasteiger partial charge in [-0.3, -0.25) is 0 Å². The number of halogens is 1. The highest BCUT2D eigenvalue weighted by Crippen LogP contribution is 2.34. The molecule has 2 atom stereocenters.